The van der Waals surface area contributed by atoms with Gasteiger partial charge in [0.1, 0.15) is 5.75 Å². The van der Waals surface area contributed by atoms with Crippen molar-refractivity contribution in [2.75, 3.05) is 33.3 Å². The van der Waals surface area contributed by atoms with E-state index >= 15 is 0 Å². The summed E-state index contributed by atoms with van der Waals surface area (Å²) in [5.74, 6) is 1.02. The molecule has 7 nitrogen and oxygen atoms in total. The van der Waals surface area contributed by atoms with E-state index in [1.165, 1.54) is 4.90 Å². The number of ether oxygens (including phenoxy) is 1. The Bertz CT molecular complexity index is 875. The Morgan fingerprint density at radius 2 is 1.66 bits per heavy atom. The van der Waals surface area contributed by atoms with Crippen molar-refractivity contribution in [2.45, 2.75) is 13.3 Å². The van der Waals surface area contributed by atoms with Crippen molar-refractivity contribution in [3.05, 3.63) is 65.2 Å². The number of nitrogens with zero attached hydrogens (tertiary/aromatic N) is 2. The second kappa shape index (κ2) is 9.73. The van der Waals surface area contributed by atoms with E-state index in [2.05, 4.69) is 15.6 Å². The van der Waals surface area contributed by atoms with Gasteiger partial charge in [-0.25, -0.2) is 0 Å². The summed E-state index contributed by atoms with van der Waals surface area (Å²) >= 11 is 0. The molecule has 0 spiro atoms. The topological polar surface area (TPSA) is 83.0 Å². The number of benzene rings is 2. The molecule has 152 valence electrons. The molecular formula is C22H26N4O3. The Hall–Kier alpha value is -3.35. The van der Waals surface area contributed by atoms with E-state index in [-0.39, 0.29) is 18.4 Å². The molecular weight excluding hydrogens is 368 g/mol. The van der Waals surface area contributed by atoms with Crippen LogP contribution in [0.5, 0.6) is 5.75 Å². The monoisotopic (exact) mass is 394 g/mol. The highest BCUT2D eigenvalue weighted by atomic mass is 16.5. The van der Waals surface area contributed by atoms with Gasteiger partial charge in [-0.2, -0.15) is 0 Å². The van der Waals surface area contributed by atoms with Crippen molar-refractivity contribution in [1.29, 1.82) is 0 Å². The lowest BCUT2D eigenvalue weighted by molar-refractivity contribution is 0.0657. The van der Waals surface area contributed by atoms with Gasteiger partial charge < -0.3 is 15.4 Å². The molecule has 1 aliphatic rings. The summed E-state index contributed by atoms with van der Waals surface area (Å²) in [7, 11) is 1.66. The van der Waals surface area contributed by atoms with E-state index in [0.29, 0.717) is 36.7 Å². The number of para-hydroxylation sites is 1. The summed E-state index contributed by atoms with van der Waals surface area (Å²) in [5.41, 5.74) is 2.03. The number of carbonyl (C=O) groups is 2. The van der Waals surface area contributed by atoms with E-state index in [9.17, 15) is 9.59 Å². The van der Waals surface area contributed by atoms with E-state index in [1.54, 1.807) is 31.4 Å². The number of imide groups is 1. The lowest BCUT2D eigenvalue weighted by atomic mass is 10.1. The number of rotatable bonds is 8. The van der Waals surface area contributed by atoms with Gasteiger partial charge in [0.15, 0.2) is 5.96 Å². The lowest BCUT2D eigenvalue weighted by Gasteiger charge is -2.16. The van der Waals surface area contributed by atoms with Crippen LogP contribution in [0.15, 0.2) is 53.5 Å². The molecule has 2 aromatic rings. The third kappa shape index (κ3) is 4.74. The molecule has 1 heterocycles. The van der Waals surface area contributed by atoms with Gasteiger partial charge in [0.05, 0.1) is 18.2 Å². The van der Waals surface area contributed by atoms with Crippen LogP contribution in [0.1, 0.15) is 33.2 Å². The summed E-state index contributed by atoms with van der Waals surface area (Å²) in [4.78, 5) is 30.7. The first kappa shape index (κ1) is 20.4. The Balaban J connectivity index is 1.54. The zero-order valence-electron chi connectivity index (χ0n) is 16.8. The fourth-order valence-corrected chi connectivity index (χ4v) is 3.27. The SMILES string of the molecule is CCNC(=NCCc1ccccc1OC)NCCN1C(=O)c2ccccc2C1=O. The number of nitrogens with one attached hydrogen (secondary N) is 2. The maximum Gasteiger partial charge on any atom is 0.261 e. The van der Waals surface area contributed by atoms with Gasteiger partial charge in [-0.1, -0.05) is 30.3 Å². The van der Waals surface area contributed by atoms with Crippen LogP contribution in [0.3, 0.4) is 0 Å². The van der Waals surface area contributed by atoms with E-state index in [0.717, 1.165) is 17.7 Å². The molecule has 0 atom stereocenters. The molecule has 0 unspecified atom stereocenters. The molecule has 0 saturated heterocycles. The number of carbonyl (C=O) groups excluding carboxylic acids is 2. The average molecular weight is 394 g/mol. The second-order valence-electron chi connectivity index (χ2n) is 6.56. The molecule has 0 aromatic heterocycles. The van der Waals surface area contributed by atoms with Crippen LogP contribution in [0.4, 0.5) is 0 Å². The predicted molar refractivity (Wildman–Crippen MR) is 112 cm³/mol. The van der Waals surface area contributed by atoms with Crippen LogP contribution in [0, 0.1) is 0 Å². The molecule has 29 heavy (non-hydrogen) atoms. The van der Waals surface area contributed by atoms with Crippen molar-refractivity contribution in [2.24, 2.45) is 4.99 Å². The first-order chi connectivity index (χ1) is 14.2. The van der Waals surface area contributed by atoms with Gasteiger partial charge in [-0.3, -0.25) is 19.5 Å². The van der Waals surface area contributed by atoms with Gasteiger partial charge in [0.2, 0.25) is 0 Å². The Morgan fingerprint density at radius 3 is 2.31 bits per heavy atom. The number of hydrogen-bond acceptors (Lipinski definition) is 4. The van der Waals surface area contributed by atoms with Crippen molar-refractivity contribution < 1.29 is 14.3 Å². The van der Waals surface area contributed by atoms with E-state index in [1.807, 2.05) is 31.2 Å². The minimum absolute atomic E-state index is 0.245. The smallest absolute Gasteiger partial charge is 0.261 e. The third-order valence-electron chi connectivity index (χ3n) is 4.69. The van der Waals surface area contributed by atoms with Crippen LogP contribution in [0.2, 0.25) is 0 Å². The minimum atomic E-state index is -0.245. The Morgan fingerprint density at radius 1 is 1.00 bits per heavy atom. The first-order valence-corrected chi connectivity index (χ1v) is 9.75. The maximum absolute atomic E-state index is 12.4. The molecule has 0 radical (unpaired) electrons. The average Bonchev–Trinajstić information content (AvgIpc) is 2.99. The summed E-state index contributed by atoms with van der Waals surface area (Å²) in [6, 6.07) is 14.8. The molecule has 0 saturated carbocycles. The van der Waals surface area contributed by atoms with Crippen LogP contribution in [-0.2, 0) is 6.42 Å². The number of amides is 2. The minimum Gasteiger partial charge on any atom is -0.496 e. The van der Waals surface area contributed by atoms with Gasteiger partial charge in [-0.05, 0) is 37.1 Å². The fourth-order valence-electron chi connectivity index (χ4n) is 3.27. The zero-order valence-corrected chi connectivity index (χ0v) is 16.8. The van der Waals surface area contributed by atoms with Crippen LogP contribution >= 0.6 is 0 Å². The van der Waals surface area contributed by atoms with Gasteiger partial charge in [0.25, 0.3) is 11.8 Å². The van der Waals surface area contributed by atoms with Crippen LogP contribution in [-0.4, -0.2) is 56.0 Å². The largest absolute Gasteiger partial charge is 0.496 e. The predicted octanol–water partition coefficient (Wildman–Crippen LogP) is 2.09. The molecule has 2 aromatic carbocycles. The van der Waals surface area contributed by atoms with Gasteiger partial charge >= 0.3 is 0 Å². The highest BCUT2D eigenvalue weighted by Gasteiger charge is 2.34. The normalized spacial score (nSPS) is 13.4. The summed E-state index contributed by atoms with van der Waals surface area (Å²) < 4.78 is 5.37. The summed E-state index contributed by atoms with van der Waals surface area (Å²) in [6.07, 6.45) is 0.749. The Kier molecular flexibility index (Phi) is 6.84. The first-order valence-electron chi connectivity index (χ1n) is 9.75. The standard InChI is InChI=1S/C22H26N4O3/c1-3-23-22(24-13-12-16-8-4-7-11-19(16)29-2)25-14-15-26-20(27)17-9-5-6-10-18(17)21(26)28/h4-11H,3,12-15H2,1-2H3,(H2,23,24,25). The number of hydrogen-bond donors (Lipinski definition) is 2. The molecule has 0 fully saturated rings. The van der Waals surface area contributed by atoms with Crippen molar-refractivity contribution in [3.63, 3.8) is 0 Å². The fraction of sp³-hybridized carbons (Fsp3) is 0.318. The van der Waals surface area contributed by atoms with Crippen LogP contribution < -0.4 is 15.4 Å². The quantitative estimate of drug-likeness (QED) is 0.407. The number of fused-ring (bicyclic) bond motifs is 1. The Labute approximate surface area is 170 Å². The number of guanidine groups is 1. The summed E-state index contributed by atoms with van der Waals surface area (Å²) in [6.45, 7) is 3.99. The highest BCUT2D eigenvalue weighted by molar-refractivity contribution is 6.21. The van der Waals surface area contributed by atoms with Crippen molar-refractivity contribution in [3.8, 4) is 5.75 Å². The number of methoxy groups -OCH3 is 1. The second-order valence-corrected chi connectivity index (χ2v) is 6.56. The number of aliphatic imine (C=N–C) groups is 1. The molecule has 2 amide bonds. The zero-order chi connectivity index (χ0) is 20.6. The van der Waals surface area contributed by atoms with E-state index < -0.39 is 0 Å². The van der Waals surface area contributed by atoms with Crippen molar-refractivity contribution >= 4 is 17.8 Å². The van der Waals surface area contributed by atoms with Crippen molar-refractivity contribution in [1.82, 2.24) is 15.5 Å². The van der Waals surface area contributed by atoms with E-state index in [4.69, 9.17) is 4.74 Å². The molecule has 7 heteroatoms. The summed E-state index contributed by atoms with van der Waals surface area (Å²) in [5, 5.41) is 6.37. The molecule has 1 aliphatic heterocycles. The van der Waals surface area contributed by atoms with Gasteiger partial charge in [-0.15, -0.1) is 0 Å². The molecule has 0 aliphatic carbocycles. The lowest BCUT2D eigenvalue weighted by Crippen LogP contribution is -2.43. The molecule has 0 bridgehead atoms. The molecule has 3 rings (SSSR count). The molecule has 2 N–H and O–H groups in total. The van der Waals surface area contributed by atoms with Crippen LogP contribution in [0.25, 0.3) is 0 Å². The highest BCUT2D eigenvalue weighted by Crippen LogP contribution is 2.21. The van der Waals surface area contributed by atoms with Gasteiger partial charge in [0, 0.05) is 26.2 Å². The third-order valence-corrected chi connectivity index (χ3v) is 4.69. The maximum atomic E-state index is 12.4.